The van der Waals surface area contributed by atoms with Crippen molar-refractivity contribution in [2.45, 2.75) is 31.4 Å². The molecule has 2 aliphatic rings. The van der Waals surface area contributed by atoms with Gasteiger partial charge in [-0.15, -0.1) is 11.3 Å². The van der Waals surface area contributed by atoms with Crippen LogP contribution in [-0.2, 0) is 4.74 Å². The normalized spacial score (nSPS) is 25.3. The van der Waals surface area contributed by atoms with Gasteiger partial charge in [0.15, 0.2) is 0 Å². The maximum absolute atomic E-state index is 12.5. The summed E-state index contributed by atoms with van der Waals surface area (Å²) >= 11 is 1.40. The fraction of sp³-hybridized carbons (Fsp3) is 0.467. The fourth-order valence-corrected chi connectivity index (χ4v) is 4.02. The molecule has 6 heteroatoms. The number of nitrogens with two attached hydrogens (primary N) is 1. The number of ether oxygens (including phenoxy) is 1. The monoisotopic (exact) mass is 303 g/mol. The minimum Gasteiger partial charge on any atom is -0.397 e. The molecule has 2 aromatic heterocycles. The summed E-state index contributed by atoms with van der Waals surface area (Å²) in [5.41, 5.74) is 6.66. The molecule has 1 aliphatic heterocycles. The van der Waals surface area contributed by atoms with Crippen molar-refractivity contribution in [3.8, 4) is 0 Å². The molecule has 1 saturated carbocycles. The molecule has 4 rings (SSSR count). The Kier molecular flexibility index (Phi) is 3.08. The molecule has 1 saturated heterocycles. The molecule has 2 atom stereocenters. The maximum atomic E-state index is 12.5. The molecule has 3 heterocycles. The number of aromatic nitrogens is 1. The van der Waals surface area contributed by atoms with E-state index in [1.165, 1.54) is 24.2 Å². The average molecular weight is 303 g/mol. The van der Waals surface area contributed by atoms with Crippen molar-refractivity contribution in [1.29, 1.82) is 0 Å². The summed E-state index contributed by atoms with van der Waals surface area (Å²) in [6.45, 7) is 0.734. The SMILES string of the molecule is Nc1c(C(=O)NC2CCOC2C2CC2)sc2cnccc12. The van der Waals surface area contributed by atoms with E-state index in [0.29, 0.717) is 16.5 Å². The van der Waals surface area contributed by atoms with E-state index >= 15 is 0 Å². The molecule has 1 amide bonds. The summed E-state index contributed by atoms with van der Waals surface area (Å²) in [4.78, 5) is 17.2. The Morgan fingerprint density at radius 3 is 3.05 bits per heavy atom. The molecule has 21 heavy (non-hydrogen) atoms. The Morgan fingerprint density at radius 1 is 1.43 bits per heavy atom. The number of carbonyl (C=O) groups excluding carboxylic acids is 1. The third-order valence-electron chi connectivity index (χ3n) is 4.28. The van der Waals surface area contributed by atoms with Gasteiger partial charge in [-0.3, -0.25) is 9.78 Å². The minimum absolute atomic E-state index is 0.0881. The first kappa shape index (κ1) is 13.0. The largest absolute Gasteiger partial charge is 0.397 e. The second-order valence-electron chi connectivity index (χ2n) is 5.76. The van der Waals surface area contributed by atoms with E-state index in [2.05, 4.69) is 10.3 Å². The molecule has 0 bridgehead atoms. The topological polar surface area (TPSA) is 77.2 Å². The Hall–Kier alpha value is -1.66. The summed E-state index contributed by atoms with van der Waals surface area (Å²) in [5.74, 6) is 0.539. The number of nitrogens with one attached hydrogen (secondary N) is 1. The number of thiophene rings is 1. The van der Waals surface area contributed by atoms with E-state index in [1.807, 2.05) is 6.07 Å². The number of anilines is 1. The van der Waals surface area contributed by atoms with E-state index in [0.717, 1.165) is 23.1 Å². The average Bonchev–Trinajstić information content (AvgIpc) is 3.15. The van der Waals surface area contributed by atoms with Gasteiger partial charge in [-0.25, -0.2) is 0 Å². The maximum Gasteiger partial charge on any atom is 0.263 e. The molecule has 0 aromatic carbocycles. The minimum atomic E-state index is -0.0881. The van der Waals surface area contributed by atoms with Gasteiger partial charge in [-0.2, -0.15) is 0 Å². The molecule has 2 aromatic rings. The first-order valence-electron chi connectivity index (χ1n) is 7.28. The van der Waals surface area contributed by atoms with Gasteiger partial charge >= 0.3 is 0 Å². The first-order valence-corrected chi connectivity index (χ1v) is 8.10. The van der Waals surface area contributed by atoms with Crippen molar-refractivity contribution < 1.29 is 9.53 Å². The van der Waals surface area contributed by atoms with Gasteiger partial charge in [-0.05, 0) is 31.2 Å². The van der Waals surface area contributed by atoms with E-state index < -0.39 is 0 Å². The third kappa shape index (κ3) is 2.28. The number of rotatable bonds is 3. The zero-order valence-corrected chi connectivity index (χ0v) is 12.4. The van der Waals surface area contributed by atoms with E-state index in [4.69, 9.17) is 10.5 Å². The Bertz CT molecular complexity index is 695. The van der Waals surface area contributed by atoms with Crippen molar-refractivity contribution >= 4 is 33.0 Å². The van der Waals surface area contributed by atoms with Crippen molar-refractivity contribution in [2.24, 2.45) is 5.92 Å². The van der Waals surface area contributed by atoms with Crippen LogP contribution in [0.2, 0.25) is 0 Å². The van der Waals surface area contributed by atoms with Crippen LogP contribution in [0.5, 0.6) is 0 Å². The molecule has 2 unspecified atom stereocenters. The molecule has 0 radical (unpaired) electrons. The lowest BCUT2D eigenvalue weighted by Gasteiger charge is -2.19. The molecule has 1 aliphatic carbocycles. The highest BCUT2D eigenvalue weighted by Crippen LogP contribution is 2.39. The predicted molar refractivity (Wildman–Crippen MR) is 82.4 cm³/mol. The zero-order valence-electron chi connectivity index (χ0n) is 11.5. The predicted octanol–water partition coefficient (Wildman–Crippen LogP) is 2.18. The highest BCUT2D eigenvalue weighted by atomic mass is 32.1. The number of nitrogen functional groups attached to an aromatic ring is 1. The Morgan fingerprint density at radius 2 is 2.29 bits per heavy atom. The number of carbonyl (C=O) groups is 1. The molecule has 0 spiro atoms. The number of fused-ring (bicyclic) bond motifs is 1. The quantitative estimate of drug-likeness (QED) is 0.911. The highest BCUT2D eigenvalue weighted by Gasteiger charge is 2.41. The number of pyridine rings is 1. The molecule has 2 fully saturated rings. The zero-order chi connectivity index (χ0) is 14.4. The third-order valence-corrected chi connectivity index (χ3v) is 5.43. The number of hydrogen-bond donors (Lipinski definition) is 2. The molecule has 110 valence electrons. The lowest BCUT2D eigenvalue weighted by atomic mass is 10.1. The molecule has 3 N–H and O–H groups in total. The van der Waals surface area contributed by atoms with Crippen LogP contribution in [0.15, 0.2) is 18.5 Å². The van der Waals surface area contributed by atoms with Crippen molar-refractivity contribution in [1.82, 2.24) is 10.3 Å². The van der Waals surface area contributed by atoms with Gasteiger partial charge in [-0.1, -0.05) is 0 Å². The second-order valence-corrected chi connectivity index (χ2v) is 6.81. The smallest absolute Gasteiger partial charge is 0.263 e. The highest BCUT2D eigenvalue weighted by molar-refractivity contribution is 7.21. The fourth-order valence-electron chi connectivity index (χ4n) is 3.03. The lowest BCUT2D eigenvalue weighted by molar-refractivity contribution is 0.0732. The Labute approximate surface area is 126 Å². The van der Waals surface area contributed by atoms with Gasteiger partial charge in [0.2, 0.25) is 0 Å². The molecule has 5 nitrogen and oxygen atoms in total. The van der Waals surface area contributed by atoms with Crippen LogP contribution >= 0.6 is 11.3 Å². The van der Waals surface area contributed by atoms with Gasteiger partial charge in [0.25, 0.3) is 5.91 Å². The summed E-state index contributed by atoms with van der Waals surface area (Å²) in [5, 5.41) is 4.02. The number of nitrogens with zero attached hydrogens (tertiary/aromatic N) is 1. The van der Waals surface area contributed by atoms with Crippen molar-refractivity contribution in [3.05, 3.63) is 23.3 Å². The van der Waals surface area contributed by atoms with Gasteiger partial charge < -0.3 is 15.8 Å². The van der Waals surface area contributed by atoms with Gasteiger partial charge in [0, 0.05) is 24.4 Å². The summed E-state index contributed by atoms with van der Waals surface area (Å²) in [6, 6.07) is 1.97. The summed E-state index contributed by atoms with van der Waals surface area (Å²) in [6.07, 6.45) is 6.95. The standard InChI is InChI=1S/C15H17N3O2S/c16-12-9-3-5-17-7-11(9)21-14(12)15(19)18-10-4-6-20-13(10)8-1-2-8/h3,5,7-8,10,13H,1-2,4,6,16H2,(H,18,19). The van der Waals surface area contributed by atoms with Gasteiger partial charge in [0.1, 0.15) is 4.88 Å². The lowest BCUT2D eigenvalue weighted by Crippen LogP contribution is -2.41. The van der Waals surface area contributed by atoms with Crippen LogP contribution in [-0.4, -0.2) is 29.6 Å². The molecular formula is C15H17N3O2S. The van der Waals surface area contributed by atoms with E-state index in [9.17, 15) is 4.79 Å². The van der Waals surface area contributed by atoms with Crippen LogP contribution in [0.1, 0.15) is 28.9 Å². The van der Waals surface area contributed by atoms with Crippen LogP contribution < -0.4 is 11.1 Å². The van der Waals surface area contributed by atoms with Crippen LogP contribution in [0.4, 0.5) is 5.69 Å². The van der Waals surface area contributed by atoms with Crippen LogP contribution in [0, 0.1) is 5.92 Å². The molecular weight excluding hydrogens is 286 g/mol. The van der Waals surface area contributed by atoms with Crippen molar-refractivity contribution in [2.75, 3.05) is 12.3 Å². The number of hydrogen-bond acceptors (Lipinski definition) is 5. The van der Waals surface area contributed by atoms with Crippen LogP contribution in [0.25, 0.3) is 10.1 Å². The van der Waals surface area contributed by atoms with Gasteiger partial charge in [0.05, 0.1) is 22.5 Å². The summed E-state index contributed by atoms with van der Waals surface area (Å²) in [7, 11) is 0. The van der Waals surface area contributed by atoms with Crippen LogP contribution in [0.3, 0.4) is 0 Å². The number of amides is 1. The van der Waals surface area contributed by atoms with E-state index in [1.54, 1.807) is 12.4 Å². The first-order chi connectivity index (χ1) is 10.2. The second kappa shape index (κ2) is 4.96. The Balaban J connectivity index is 1.57. The van der Waals surface area contributed by atoms with E-state index in [-0.39, 0.29) is 18.1 Å². The summed E-state index contributed by atoms with van der Waals surface area (Å²) < 4.78 is 6.71. The van der Waals surface area contributed by atoms with Crippen molar-refractivity contribution in [3.63, 3.8) is 0 Å².